The minimum Gasteiger partial charge on any atom is -0.496 e. The van der Waals surface area contributed by atoms with Crippen LogP contribution in [0.4, 0.5) is 0 Å². The molecule has 0 spiro atoms. The highest BCUT2D eigenvalue weighted by atomic mass is 79.9. The first-order valence-corrected chi connectivity index (χ1v) is 5.18. The first kappa shape index (κ1) is 11.5. The Hall–Kier alpha value is -0.580. The molecular formula is C10H14BrNO2. The van der Waals surface area contributed by atoms with Crippen molar-refractivity contribution in [1.82, 2.24) is 0 Å². The number of hydrogen-bond acceptors (Lipinski definition) is 3. The van der Waals surface area contributed by atoms with Crippen LogP contribution in [-0.2, 0) is 0 Å². The van der Waals surface area contributed by atoms with E-state index in [0.29, 0.717) is 6.42 Å². The van der Waals surface area contributed by atoms with E-state index >= 15 is 0 Å². The maximum absolute atomic E-state index is 8.79. The smallest absolute Gasteiger partial charge is 0.124 e. The van der Waals surface area contributed by atoms with Crippen LogP contribution in [0.3, 0.4) is 0 Å². The fraction of sp³-hybridized carbons (Fsp3) is 0.400. The Balaban J connectivity index is 2.95. The second-order valence-corrected chi connectivity index (χ2v) is 3.92. The highest BCUT2D eigenvalue weighted by molar-refractivity contribution is 9.10. The molecule has 1 rings (SSSR count). The van der Waals surface area contributed by atoms with Gasteiger partial charge in [-0.2, -0.15) is 0 Å². The van der Waals surface area contributed by atoms with E-state index in [9.17, 15) is 0 Å². The van der Waals surface area contributed by atoms with Crippen LogP contribution in [-0.4, -0.2) is 18.8 Å². The second kappa shape index (κ2) is 5.34. The van der Waals surface area contributed by atoms with Gasteiger partial charge in [0.15, 0.2) is 0 Å². The van der Waals surface area contributed by atoms with E-state index in [4.69, 9.17) is 15.6 Å². The first-order chi connectivity index (χ1) is 6.69. The Labute approximate surface area is 92.0 Å². The molecule has 3 N–H and O–H groups in total. The lowest BCUT2D eigenvalue weighted by Gasteiger charge is -2.14. The zero-order valence-electron chi connectivity index (χ0n) is 8.03. The van der Waals surface area contributed by atoms with Crippen molar-refractivity contribution in [2.45, 2.75) is 12.5 Å². The Morgan fingerprint density at radius 1 is 1.57 bits per heavy atom. The van der Waals surface area contributed by atoms with Gasteiger partial charge < -0.3 is 15.6 Å². The van der Waals surface area contributed by atoms with E-state index in [1.54, 1.807) is 7.11 Å². The van der Waals surface area contributed by atoms with Gasteiger partial charge in [-0.05, 0) is 18.6 Å². The number of aliphatic hydroxyl groups is 1. The summed E-state index contributed by atoms with van der Waals surface area (Å²) in [4.78, 5) is 0. The van der Waals surface area contributed by atoms with Crippen molar-refractivity contribution in [2.24, 2.45) is 5.73 Å². The third-order valence-electron chi connectivity index (χ3n) is 2.04. The van der Waals surface area contributed by atoms with Gasteiger partial charge in [-0.1, -0.05) is 22.0 Å². The summed E-state index contributed by atoms with van der Waals surface area (Å²) in [5.74, 6) is 0.750. The fourth-order valence-corrected chi connectivity index (χ4v) is 1.63. The Bertz CT molecular complexity index is 304. The summed E-state index contributed by atoms with van der Waals surface area (Å²) in [7, 11) is 1.61. The Morgan fingerprint density at radius 3 is 2.86 bits per heavy atom. The van der Waals surface area contributed by atoms with E-state index in [2.05, 4.69) is 15.9 Å². The van der Waals surface area contributed by atoms with Crippen molar-refractivity contribution in [2.75, 3.05) is 13.7 Å². The van der Waals surface area contributed by atoms with E-state index in [1.165, 1.54) is 0 Å². The molecular weight excluding hydrogens is 246 g/mol. The number of rotatable bonds is 4. The number of hydrogen-bond donors (Lipinski definition) is 2. The van der Waals surface area contributed by atoms with Crippen LogP contribution in [0.15, 0.2) is 22.7 Å². The normalized spacial score (nSPS) is 12.6. The molecule has 0 aliphatic rings. The lowest BCUT2D eigenvalue weighted by atomic mass is 10.0. The van der Waals surface area contributed by atoms with Gasteiger partial charge in [0.05, 0.1) is 7.11 Å². The summed E-state index contributed by atoms with van der Waals surface area (Å²) in [6, 6.07) is 5.51. The molecule has 14 heavy (non-hydrogen) atoms. The van der Waals surface area contributed by atoms with Gasteiger partial charge in [0.25, 0.3) is 0 Å². The zero-order chi connectivity index (χ0) is 10.6. The number of aliphatic hydroxyl groups excluding tert-OH is 1. The summed E-state index contributed by atoms with van der Waals surface area (Å²) in [5.41, 5.74) is 6.80. The molecule has 0 aromatic heterocycles. The van der Waals surface area contributed by atoms with Gasteiger partial charge in [0.2, 0.25) is 0 Å². The molecule has 4 heteroatoms. The molecule has 0 bridgehead atoms. The van der Waals surface area contributed by atoms with Crippen molar-refractivity contribution in [3.05, 3.63) is 28.2 Å². The molecule has 3 nitrogen and oxygen atoms in total. The maximum atomic E-state index is 8.79. The third kappa shape index (κ3) is 2.70. The fourth-order valence-electron chi connectivity index (χ4n) is 1.29. The lowest BCUT2D eigenvalue weighted by molar-refractivity contribution is 0.275. The van der Waals surface area contributed by atoms with E-state index in [0.717, 1.165) is 15.8 Å². The first-order valence-electron chi connectivity index (χ1n) is 4.39. The maximum Gasteiger partial charge on any atom is 0.124 e. The number of benzene rings is 1. The number of nitrogens with two attached hydrogens (primary N) is 1. The predicted molar refractivity (Wildman–Crippen MR) is 59.3 cm³/mol. The van der Waals surface area contributed by atoms with Crippen molar-refractivity contribution in [1.29, 1.82) is 0 Å². The van der Waals surface area contributed by atoms with Gasteiger partial charge in [0, 0.05) is 22.7 Å². The quantitative estimate of drug-likeness (QED) is 0.868. The van der Waals surface area contributed by atoms with Crippen LogP contribution < -0.4 is 10.5 Å². The second-order valence-electron chi connectivity index (χ2n) is 3.01. The molecule has 0 radical (unpaired) electrons. The molecule has 0 aliphatic carbocycles. The molecule has 0 fully saturated rings. The van der Waals surface area contributed by atoms with Gasteiger partial charge >= 0.3 is 0 Å². The summed E-state index contributed by atoms with van der Waals surface area (Å²) >= 11 is 3.36. The molecule has 78 valence electrons. The SMILES string of the molecule is COc1cc(Br)ccc1[C@@H](N)CCO. The zero-order valence-corrected chi connectivity index (χ0v) is 9.62. The molecule has 0 saturated heterocycles. The largest absolute Gasteiger partial charge is 0.496 e. The van der Waals surface area contributed by atoms with Gasteiger partial charge in [0.1, 0.15) is 5.75 Å². The van der Waals surface area contributed by atoms with Crippen molar-refractivity contribution >= 4 is 15.9 Å². The van der Waals surface area contributed by atoms with Crippen molar-refractivity contribution in [3.63, 3.8) is 0 Å². The molecule has 1 aromatic rings. The molecule has 0 unspecified atom stereocenters. The minimum atomic E-state index is -0.178. The lowest BCUT2D eigenvalue weighted by Crippen LogP contribution is -2.13. The van der Waals surface area contributed by atoms with Crippen LogP contribution in [0.5, 0.6) is 5.75 Å². The molecule has 0 saturated carbocycles. The molecule has 0 heterocycles. The summed E-state index contributed by atoms with van der Waals surface area (Å²) in [6.07, 6.45) is 0.540. The molecule has 0 aliphatic heterocycles. The van der Waals surface area contributed by atoms with E-state index in [-0.39, 0.29) is 12.6 Å². The topological polar surface area (TPSA) is 55.5 Å². The number of methoxy groups -OCH3 is 1. The summed E-state index contributed by atoms with van der Waals surface area (Å²) in [5, 5.41) is 8.79. The van der Waals surface area contributed by atoms with Crippen LogP contribution >= 0.6 is 15.9 Å². The van der Waals surface area contributed by atoms with Crippen molar-refractivity contribution < 1.29 is 9.84 Å². The molecule has 0 amide bonds. The van der Waals surface area contributed by atoms with E-state index < -0.39 is 0 Å². The highest BCUT2D eigenvalue weighted by Crippen LogP contribution is 2.28. The van der Waals surface area contributed by atoms with Crippen LogP contribution in [0, 0.1) is 0 Å². The number of halogens is 1. The highest BCUT2D eigenvalue weighted by Gasteiger charge is 2.11. The standard InChI is InChI=1S/C10H14BrNO2/c1-14-10-6-7(11)2-3-8(10)9(12)4-5-13/h2-3,6,9,13H,4-5,12H2,1H3/t9-/m0/s1. The van der Waals surface area contributed by atoms with Gasteiger partial charge in [-0.3, -0.25) is 0 Å². The minimum absolute atomic E-state index is 0.0837. The Kier molecular flexibility index (Phi) is 4.38. The van der Waals surface area contributed by atoms with Crippen LogP contribution in [0.25, 0.3) is 0 Å². The third-order valence-corrected chi connectivity index (χ3v) is 2.53. The summed E-state index contributed by atoms with van der Waals surface area (Å²) < 4.78 is 6.16. The monoisotopic (exact) mass is 259 g/mol. The van der Waals surface area contributed by atoms with Gasteiger partial charge in [-0.25, -0.2) is 0 Å². The summed E-state index contributed by atoms with van der Waals surface area (Å²) in [6.45, 7) is 0.0837. The van der Waals surface area contributed by atoms with Crippen LogP contribution in [0.1, 0.15) is 18.0 Å². The van der Waals surface area contributed by atoms with Crippen molar-refractivity contribution in [3.8, 4) is 5.75 Å². The van der Waals surface area contributed by atoms with Crippen LogP contribution in [0.2, 0.25) is 0 Å². The average molecular weight is 260 g/mol. The Morgan fingerprint density at radius 2 is 2.29 bits per heavy atom. The predicted octanol–water partition coefficient (Wildman–Crippen LogP) is 1.84. The molecule has 1 atom stereocenters. The molecule has 1 aromatic carbocycles. The van der Waals surface area contributed by atoms with E-state index in [1.807, 2.05) is 18.2 Å². The average Bonchev–Trinajstić information content (AvgIpc) is 2.17. The number of ether oxygens (including phenoxy) is 1. The van der Waals surface area contributed by atoms with Gasteiger partial charge in [-0.15, -0.1) is 0 Å².